The Bertz CT molecular complexity index is 959. The van der Waals surface area contributed by atoms with E-state index in [2.05, 4.69) is 15.5 Å². The minimum atomic E-state index is -0.969. The fourth-order valence-electron chi connectivity index (χ4n) is 4.53. The topological polar surface area (TPSA) is 116 Å². The standard InChI is InChI=1S/C21H24N4O5/c1-11(18(27)22-2)12-7-8-24(10-12)13-3-4-14-15(9-13)21(30)25(20(14)29)16-5-6-17(26)23-19(16)28/h3-4,9,11-12,16H,5-8,10H2,1-2H3,(H,22,27)(H,23,26,28). The first-order valence-corrected chi connectivity index (χ1v) is 10.1. The molecule has 0 aromatic heterocycles. The van der Waals surface area contributed by atoms with Crippen molar-refractivity contribution in [2.24, 2.45) is 11.8 Å². The van der Waals surface area contributed by atoms with Crippen molar-refractivity contribution in [1.82, 2.24) is 15.5 Å². The molecule has 3 heterocycles. The molecule has 9 nitrogen and oxygen atoms in total. The molecule has 2 fully saturated rings. The van der Waals surface area contributed by atoms with Gasteiger partial charge in [-0.3, -0.25) is 34.2 Å². The zero-order valence-corrected chi connectivity index (χ0v) is 16.9. The Morgan fingerprint density at radius 1 is 1.13 bits per heavy atom. The number of carbonyl (C=O) groups is 5. The minimum absolute atomic E-state index is 0.0106. The van der Waals surface area contributed by atoms with Gasteiger partial charge in [0.15, 0.2) is 0 Å². The van der Waals surface area contributed by atoms with Gasteiger partial charge in [-0.2, -0.15) is 0 Å². The largest absolute Gasteiger partial charge is 0.371 e. The van der Waals surface area contributed by atoms with Crippen molar-refractivity contribution in [3.63, 3.8) is 0 Å². The molecule has 1 aromatic rings. The fourth-order valence-corrected chi connectivity index (χ4v) is 4.53. The van der Waals surface area contributed by atoms with Gasteiger partial charge in [0.2, 0.25) is 17.7 Å². The lowest BCUT2D eigenvalue weighted by molar-refractivity contribution is -0.136. The molecular formula is C21H24N4O5. The van der Waals surface area contributed by atoms with Crippen molar-refractivity contribution >= 4 is 35.2 Å². The van der Waals surface area contributed by atoms with Gasteiger partial charge in [0.1, 0.15) is 6.04 Å². The molecule has 3 unspecified atom stereocenters. The van der Waals surface area contributed by atoms with E-state index in [0.29, 0.717) is 6.54 Å². The van der Waals surface area contributed by atoms with E-state index in [4.69, 9.17) is 0 Å². The predicted octanol–water partition coefficient (Wildman–Crippen LogP) is 0.296. The second-order valence-electron chi connectivity index (χ2n) is 8.07. The third kappa shape index (κ3) is 3.24. The summed E-state index contributed by atoms with van der Waals surface area (Å²) in [5, 5.41) is 4.88. The molecule has 158 valence electrons. The van der Waals surface area contributed by atoms with E-state index in [1.165, 1.54) is 0 Å². The summed E-state index contributed by atoms with van der Waals surface area (Å²) in [6, 6.07) is 4.13. The highest BCUT2D eigenvalue weighted by molar-refractivity contribution is 6.23. The van der Waals surface area contributed by atoms with Gasteiger partial charge < -0.3 is 10.2 Å². The Balaban J connectivity index is 1.54. The second kappa shape index (κ2) is 7.55. The van der Waals surface area contributed by atoms with Crippen molar-refractivity contribution in [3.05, 3.63) is 29.3 Å². The molecule has 0 bridgehead atoms. The molecule has 0 radical (unpaired) electrons. The van der Waals surface area contributed by atoms with Crippen LogP contribution in [0.5, 0.6) is 0 Å². The van der Waals surface area contributed by atoms with Gasteiger partial charge >= 0.3 is 0 Å². The number of nitrogens with one attached hydrogen (secondary N) is 2. The van der Waals surface area contributed by atoms with Crippen molar-refractivity contribution < 1.29 is 24.0 Å². The molecular weight excluding hydrogens is 388 g/mol. The maximum absolute atomic E-state index is 13.0. The van der Waals surface area contributed by atoms with Gasteiger partial charge in [0.25, 0.3) is 11.8 Å². The molecule has 4 rings (SSSR count). The molecule has 3 atom stereocenters. The molecule has 2 saturated heterocycles. The Morgan fingerprint density at radius 2 is 1.87 bits per heavy atom. The van der Waals surface area contributed by atoms with Crippen molar-refractivity contribution in [2.75, 3.05) is 25.0 Å². The predicted molar refractivity (Wildman–Crippen MR) is 107 cm³/mol. The van der Waals surface area contributed by atoms with Gasteiger partial charge in [-0.25, -0.2) is 0 Å². The van der Waals surface area contributed by atoms with E-state index < -0.39 is 29.7 Å². The van der Waals surface area contributed by atoms with E-state index in [1.807, 2.05) is 6.92 Å². The summed E-state index contributed by atoms with van der Waals surface area (Å²) in [5.41, 5.74) is 1.35. The molecule has 9 heteroatoms. The number of hydrogen-bond donors (Lipinski definition) is 2. The molecule has 30 heavy (non-hydrogen) atoms. The molecule has 3 aliphatic heterocycles. The molecule has 3 aliphatic rings. The molecule has 0 spiro atoms. The minimum Gasteiger partial charge on any atom is -0.371 e. The zero-order valence-electron chi connectivity index (χ0n) is 16.9. The van der Waals surface area contributed by atoms with Crippen LogP contribution in [0.15, 0.2) is 18.2 Å². The van der Waals surface area contributed by atoms with Crippen LogP contribution in [0.4, 0.5) is 5.69 Å². The maximum Gasteiger partial charge on any atom is 0.262 e. The highest BCUT2D eigenvalue weighted by atomic mass is 16.2. The van der Waals surface area contributed by atoms with Crippen LogP contribution in [0.25, 0.3) is 0 Å². The van der Waals surface area contributed by atoms with Crippen LogP contribution < -0.4 is 15.5 Å². The van der Waals surface area contributed by atoms with E-state index >= 15 is 0 Å². The number of amides is 5. The Hall–Kier alpha value is -3.23. The van der Waals surface area contributed by atoms with Crippen LogP contribution in [-0.2, 0) is 14.4 Å². The number of piperidine rings is 1. The number of imide groups is 2. The first-order valence-electron chi connectivity index (χ1n) is 10.1. The fraction of sp³-hybridized carbons (Fsp3) is 0.476. The average molecular weight is 412 g/mol. The van der Waals surface area contributed by atoms with Crippen molar-refractivity contribution in [1.29, 1.82) is 0 Å². The zero-order chi connectivity index (χ0) is 21.6. The van der Waals surface area contributed by atoms with Crippen LogP contribution in [0.3, 0.4) is 0 Å². The molecule has 5 amide bonds. The smallest absolute Gasteiger partial charge is 0.262 e. The van der Waals surface area contributed by atoms with Crippen LogP contribution in [0, 0.1) is 11.8 Å². The molecule has 0 aliphatic carbocycles. The lowest BCUT2D eigenvalue weighted by Crippen LogP contribution is -2.54. The summed E-state index contributed by atoms with van der Waals surface area (Å²) in [7, 11) is 1.63. The Morgan fingerprint density at radius 3 is 2.57 bits per heavy atom. The van der Waals surface area contributed by atoms with Gasteiger partial charge in [0.05, 0.1) is 11.1 Å². The van der Waals surface area contributed by atoms with Crippen molar-refractivity contribution in [2.45, 2.75) is 32.2 Å². The summed E-state index contributed by atoms with van der Waals surface area (Å²) in [6.45, 7) is 3.35. The SMILES string of the molecule is CNC(=O)C(C)C1CCN(c2ccc3c(c2)C(=O)N(C2CCC(=O)NC2=O)C3=O)C1. The number of nitrogens with zero attached hydrogens (tertiary/aromatic N) is 2. The summed E-state index contributed by atoms with van der Waals surface area (Å²) in [6.07, 6.45) is 1.09. The number of hydrogen-bond acceptors (Lipinski definition) is 6. The van der Waals surface area contributed by atoms with E-state index in [0.717, 1.165) is 23.6 Å². The third-order valence-electron chi connectivity index (χ3n) is 6.38. The van der Waals surface area contributed by atoms with E-state index in [1.54, 1.807) is 25.2 Å². The number of rotatable bonds is 4. The number of anilines is 1. The second-order valence-corrected chi connectivity index (χ2v) is 8.07. The normalized spacial score (nSPS) is 24.7. The molecule has 1 aromatic carbocycles. The van der Waals surface area contributed by atoms with Gasteiger partial charge in [-0.1, -0.05) is 6.92 Å². The molecule has 0 saturated carbocycles. The first kappa shape index (κ1) is 20.1. The van der Waals surface area contributed by atoms with E-state index in [9.17, 15) is 24.0 Å². The van der Waals surface area contributed by atoms with Crippen LogP contribution in [0.1, 0.15) is 46.9 Å². The lowest BCUT2D eigenvalue weighted by Gasteiger charge is -2.27. The average Bonchev–Trinajstić information content (AvgIpc) is 3.31. The monoisotopic (exact) mass is 412 g/mol. The van der Waals surface area contributed by atoms with Crippen LogP contribution in [-0.4, -0.2) is 60.6 Å². The van der Waals surface area contributed by atoms with Crippen molar-refractivity contribution in [3.8, 4) is 0 Å². The lowest BCUT2D eigenvalue weighted by atomic mass is 9.92. The summed E-state index contributed by atoms with van der Waals surface area (Å²) < 4.78 is 0. The van der Waals surface area contributed by atoms with Gasteiger partial charge in [0, 0.05) is 38.2 Å². The van der Waals surface area contributed by atoms with E-state index in [-0.39, 0.29) is 41.7 Å². The van der Waals surface area contributed by atoms with Crippen LogP contribution in [0.2, 0.25) is 0 Å². The first-order chi connectivity index (χ1) is 14.3. The Labute approximate surface area is 173 Å². The highest BCUT2D eigenvalue weighted by Gasteiger charge is 2.45. The molecule has 2 N–H and O–H groups in total. The van der Waals surface area contributed by atoms with Gasteiger partial charge in [-0.05, 0) is 37.0 Å². The maximum atomic E-state index is 13.0. The summed E-state index contributed by atoms with van der Waals surface area (Å²) >= 11 is 0. The highest BCUT2D eigenvalue weighted by Crippen LogP contribution is 2.33. The summed E-state index contributed by atoms with van der Waals surface area (Å²) in [4.78, 5) is 64.3. The summed E-state index contributed by atoms with van der Waals surface area (Å²) in [5.74, 6) is -1.94. The third-order valence-corrected chi connectivity index (χ3v) is 6.38. The number of carbonyl (C=O) groups excluding carboxylic acids is 5. The number of fused-ring (bicyclic) bond motifs is 1. The number of benzene rings is 1. The quantitative estimate of drug-likeness (QED) is 0.687. The van der Waals surface area contributed by atoms with Gasteiger partial charge in [-0.15, -0.1) is 0 Å². The Kier molecular flexibility index (Phi) is 5.05. The van der Waals surface area contributed by atoms with Crippen LogP contribution >= 0.6 is 0 Å².